The maximum Gasteiger partial charge on any atom is 0.00104 e. The van der Waals surface area contributed by atoms with E-state index in [1.54, 1.807) is 0 Å². The van der Waals surface area contributed by atoms with Crippen LogP contribution in [-0.4, -0.2) is 26.2 Å². The van der Waals surface area contributed by atoms with Gasteiger partial charge in [-0.05, 0) is 55.6 Å². The van der Waals surface area contributed by atoms with Gasteiger partial charge in [0.1, 0.15) is 0 Å². The highest BCUT2D eigenvalue weighted by Gasteiger charge is 2.44. The zero-order valence-electron chi connectivity index (χ0n) is 10.5. The Labute approximate surface area is 94.2 Å². The minimum atomic E-state index is 0.662. The lowest BCUT2D eigenvalue weighted by molar-refractivity contribution is 0.318. The first-order chi connectivity index (χ1) is 7.14. The summed E-state index contributed by atoms with van der Waals surface area (Å²) < 4.78 is 0. The molecule has 0 amide bonds. The predicted molar refractivity (Wildman–Crippen MR) is 64.9 cm³/mol. The summed E-state index contributed by atoms with van der Waals surface area (Å²) in [6.07, 6.45) is 2.88. The van der Waals surface area contributed by atoms with E-state index in [0.29, 0.717) is 5.41 Å². The number of nitrogens with one attached hydrogen (secondary N) is 2. The summed E-state index contributed by atoms with van der Waals surface area (Å²) in [6.45, 7) is 12.0. The lowest BCUT2D eigenvalue weighted by Crippen LogP contribution is -2.33. The molecule has 1 heterocycles. The fourth-order valence-corrected chi connectivity index (χ4v) is 2.76. The van der Waals surface area contributed by atoms with Crippen molar-refractivity contribution in [3.05, 3.63) is 0 Å². The Balaban J connectivity index is 1.66. The van der Waals surface area contributed by atoms with Gasteiger partial charge in [0.05, 0.1) is 0 Å². The SMILES string of the molecule is CC1CNCC1CNCC1(C(C)C)CC1. The van der Waals surface area contributed by atoms with Crippen LogP contribution in [0.1, 0.15) is 33.6 Å². The average molecular weight is 210 g/mol. The summed E-state index contributed by atoms with van der Waals surface area (Å²) in [4.78, 5) is 0. The van der Waals surface area contributed by atoms with Gasteiger partial charge in [0, 0.05) is 6.54 Å². The van der Waals surface area contributed by atoms with Crippen molar-refractivity contribution in [2.24, 2.45) is 23.2 Å². The van der Waals surface area contributed by atoms with Crippen LogP contribution >= 0.6 is 0 Å². The molecule has 0 radical (unpaired) electrons. The van der Waals surface area contributed by atoms with Crippen molar-refractivity contribution >= 4 is 0 Å². The van der Waals surface area contributed by atoms with Crippen molar-refractivity contribution in [3.63, 3.8) is 0 Å². The maximum atomic E-state index is 3.70. The normalized spacial score (nSPS) is 33.6. The molecule has 88 valence electrons. The molecule has 2 fully saturated rings. The van der Waals surface area contributed by atoms with E-state index in [-0.39, 0.29) is 0 Å². The molecule has 1 aliphatic carbocycles. The summed E-state index contributed by atoms with van der Waals surface area (Å²) in [7, 11) is 0. The van der Waals surface area contributed by atoms with Crippen molar-refractivity contribution in [2.45, 2.75) is 33.6 Å². The Hall–Kier alpha value is -0.0800. The molecular weight excluding hydrogens is 184 g/mol. The van der Waals surface area contributed by atoms with Gasteiger partial charge in [-0.15, -0.1) is 0 Å². The zero-order valence-corrected chi connectivity index (χ0v) is 10.5. The Morgan fingerprint density at radius 2 is 2.07 bits per heavy atom. The number of hydrogen-bond donors (Lipinski definition) is 2. The van der Waals surface area contributed by atoms with Gasteiger partial charge in [0.15, 0.2) is 0 Å². The second-order valence-electron chi connectivity index (χ2n) is 6.04. The minimum absolute atomic E-state index is 0.662. The second kappa shape index (κ2) is 4.42. The highest BCUT2D eigenvalue weighted by molar-refractivity contribution is 4.97. The lowest BCUT2D eigenvalue weighted by Gasteiger charge is -2.22. The third kappa shape index (κ3) is 2.54. The molecule has 15 heavy (non-hydrogen) atoms. The van der Waals surface area contributed by atoms with Crippen LogP contribution in [0, 0.1) is 23.2 Å². The molecule has 2 unspecified atom stereocenters. The molecule has 1 saturated heterocycles. The zero-order chi connectivity index (χ0) is 10.9. The molecule has 1 saturated carbocycles. The first kappa shape index (κ1) is 11.4. The fraction of sp³-hybridized carbons (Fsp3) is 1.00. The third-order valence-electron chi connectivity index (χ3n) is 4.68. The van der Waals surface area contributed by atoms with Gasteiger partial charge in [0.25, 0.3) is 0 Å². The quantitative estimate of drug-likeness (QED) is 0.724. The van der Waals surface area contributed by atoms with Crippen molar-refractivity contribution in [3.8, 4) is 0 Å². The predicted octanol–water partition coefficient (Wildman–Crippen LogP) is 1.87. The summed E-state index contributed by atoms with van der Waals surface area (Å²) in [5.41, 5.74) is 0.662. The Morgan fingerprint density at radius 3 is 2.53 bits per heavy atom. The Bertz CT molecular complexity index is 209. The molecule has 2 rings (SSSR count). The van der Waals surface area contributed by atoms with Gasteiger partial charge in [0.2, 0.25) is 0 Å². The van der Waals surface area contributed by atoms with Crippen LogP contribution in [0.2, 0.25) is 0 Å². The van der Waals surface area contributed by atoms with Crippen LogP contribution in [0.25, 0.3) is 0 Å². The van der Waals surface area contributed by atoms with Crippen molar-refractivity contribution < 1.29 is 0 Å². The number of hydrogen-bond acceptors (Lipinski definition) is 2. The van der Waals surface area contributed by atoms with Gasteiger partial charge >= 0.3 is 0 Å². The highest BCUT2D eigenvalue weighted by atomic mass is 15.0. The highest BCUT2D eigenvalue weighted by Crippen LogP contribution is 2.51. The maximum absolute atomic E-state index is 3.70. The smallest absolute Gasteiger partial charge is 0.00104 e. The summed E-state index contributed by atoms with van der Waals surface area (Å²) >= 11 is 0. The summed E-state index contributed by atoms with van der Waals surface area (Å²) in [6, 6.07) is 0. The molecule has 0 aromatic heterocycles. The van der Waals surface area contributed by atoms with E-state index in [9.17, 15) is 0 Å². The first-order valence-electron chi connectivity index (χ1n) is 6.55. The van der Waals surface area contributed by atoms with Crippen molar-refractivity contribution in [1.82, 2.24) is 10.6 Å². The Kier molecular flexibility index (Phi) is 3.36. The fourth-order valence-electron chi connectivity index (χ4n) is 2.76. The van der Waals surface area contributed by atoms with Crippen LogP contribution in [-0.2, 0) is 0 Å². The molecule has 0 aromatic carbocycles. The topological polar surface area (TPSA) is 24.1 Å². The van der Waals surface area contributed by atoms with E-state index in [0.717, 1.165) is 17.8 Å². The van der Waals surface area contributed by atoms with Crippen LogP contribution in [0.15, 0.2) is 0 Å². The molecule has 2 N–H and O–H groups in total. The van der Waals surface area contributed by atoms with E-state index in [1.165, 1.54) is 39.0 Å². The van der Waals surface area contributed by atoms with E-state index < -0.39 is 0 Å². The minimum Gasteiger partial charge on any atom is -0.316 e. The lowest BCUT2D eigenvalue weighted by atomic mass is 9.92. The summed E-state index contributed by atoms with van der Waals surface area (Å²) in [5.74, 6) is 2.56. The molecule has 0 spiro atoms. The number of rotatable bonds is 5. The van der Waals surface area contributed by atoms with E-state index >= 15 is 0 Å². The van der Waals surface area contributed by atoms with Gasteiger partial charge in [-0.3, -0.25) is 0 Å². The van der Waals surface area contributed by atoms with Gasteiger partial charge in [-0.1, -0.05) is 20.8 Å². The molecule has 0 aromatic rings. The molecule has 2 heteroatoms. The van der Waals surface area contributed by atoms with E-state index in [2.05, 4.69) is 31.4 Å². The molecule has 2 aliphatic rings. The van der Waals surface area contributed by atoms with Crippen LogP contribution in [0.4, 0.5) is 0 Å². The van der Waals surface area contributed by atoms with Gasteiger partial charge in [-0.25, -0.2) is 0 Å². The second-order valence-corrected chi connectivity index (χ2v) is 6.04. The Morgan fingerprint density at radius 1 is 1.33 bits per heavy atom. The molecule has 0 bridgehead atoms. The van der Waals surface area contributed by atoms with E-state index in [1.807, 2.05) is 0 Å². The van der Waals surface area contributed by atoms with Crippen molar-refractivity contribution in [1.29, 1.82) is 0 Å². The first-order valence-corrected chi connectivity index (χ1v) is 6.55. The molecule has 1 aliphatic heterocycles. The summed E-state index contributed by atoms with van der Waals surface area (Å²) in [5, 5.41) is 7.17. The van der Waals surface area contributed by atoms with Crippen LogP contribution in [0.5, 0.6) is 0 Å². The standard InChI is InChI=1S/C13H26N2/c1-10(2)13(4-5-13)9-15-8-12-7-14-6-11(12)3/h10-12,14-15H,4-9H2,1-3H3. The van der Waals surface area contributed by atoms with Crippen LogP contribution < -0.4 is 10.6 Å². The van der Waals surface area contributed by atoms with Gasteiger partial charge < -0.3 is 10.6 Å². The monoisotopic (exact) mass is 210 g/mol. The van der Waals surface area contributed by atoms with Gasteiger partial charge in [-0.2, -0.15) is 0 Å². The average Bonchev–Trinajstić information content (AvgIpc) is 2.87. The van der Waals surface area contributed by atoms with Crippen LogP contribution in [0.3, 0.4) is 0 Å². The largest absolute Gasteiger partial charge is 0.316 e. The third-order valence-corrected chi connectivity index (χ3v) is 4.68. The molecule has 2 atom stereocenters. The molecular formula is C13H26N2. The van der Waals surface area contributed by atoms with Crippen molar-refractivity contribution in [2.75, 3.05) is 26.2 Å². The van der Waals surface area contributed by atoms with E-state index in [4.69, 9.17) is 0 Å². The molecule has 2 nitrogen and oxygen atoms in total.